The van der Waals surface area contributed by atoms with Gasteiger partial charge in [-0.25, -0.2) is 0 Å². The Bertz CT molecular complexity index is 519. The first-order valence-corrected chi connectivity index (χ1v) is 7.86. The van der Waals surface area contributed by atoms with Gasteiger partial charge in [-0.15, -0.1) is 0 Å². The molecule has 0 aromatic heterocycles. The van der Waals surface area contributed by atoms with Crippen molar-refractivity contribution in [1.29, 1.82) is 0 Å². The average molecular weight is 282 g/mol. The van der Waals surface area contributed by atoms with Crippen LogP contribution in [-0.4, -0.2) is 6.04 Å². The molecule has 2 atom stereocenters. The van der Waals surface area contributed by atoms with Crippen molar-refractivity contribution >= 4 is 17.1 Å². The van der Waals surface area contributed by atoms with E-state index in [0.717, 1.165) is 17.3 Å². The normalized spacial score (nSPS) is 13.5. The number of benzene rings is 2. The standard InChI is InChI=1S/C19H26N2/c1-4-15(2)14-16(3)20-18-10-12-19(13-11-18)21-17-8-6-5-7-9-17/h5-13,15-16,20-21H,4,14H2,1-3H3. The molecule has 112 valence electrons. The monoisotopic (exact) mass is 282 g/mol. The molecule has 0 aliphatic rings. The molecule has 0 saturated heterocycles. The fourth-order valence-corrected chi connectivity index (χ4v) is 2.45. The van der Waals surface area contributed by atoms with Gasteiger partial charge in [0.2, 0.25) is 0 Å². The van der Waals surface area contributed by atoms with Crippen molar-refractivity contribution in [3.8, 4) is 0 Å². The van der Waals surface area contributed by atoms with E-state index in [-0.39, 0.29) is 0 Å². The van der Waals surface area contributed by atoms with Crippen LogP contribution in [0.1, 0.15) is 33.6 Å². The van der Waals surface area contributed by atoms with Crippen molar-refractivity contribution in [2.45, 2.75) is 39.7 Å². The maximum Gasteiger partial charge on any atom is 0.0385 e. The van der Waals surface area contributed by atoms with Crippen molar-refractivity contribution in [2.75, 3.05) is 10.6 Å². The smallest absolute Gasteiger partial charge is 0.0385 e. The van der Waals surface area contributed by atoms with Crippen LogP contribution in [0.15, 0.2) is 54.6 Å². The Morgan fingerprint density at radius 3 is 2.00 bits per heavy atom. The summed E-state index contributed by atoms with van der Waals surface area (Å²) in [4.78, 5) is 0. The predicted molar refractivity (Wildman–Crippen MR) is 93.3 cm³/mol. The van der Waals surface area contributed by atoms with E-state index in [1.807, 2.05) is 18.2 Å². The minimum atomic E-state index is 0.507. The van der Waals surface area contributed by atoms with Crippen molar-refractivity contribution in [3.05, 3.63) is 54.6 Å². The SMILES string of the molecule is CCC(C)CC(C)Nc1ccc(Nc2ccccc2)cc1. The lowest BCUT2D eigenvalue weighted by molar-refractivity contribution is 0.484. The van der Waals surface area contributed by atoms with Gasteiger partial charge in [0.15, 0.2) is 0 Å². The second kappa shape index (κ2) is 7.72. The first-order valence-electron chi connectivity index (χ1n) is 7.86. The molecule has 0 aliphatic heterocycles. The molecule has 0 aliphatic carbocycles. The number of para-hydroxylation sites is 1. The average Bonchev–Trinajstić information content (AvgIpc) is 2.50. The van der Waals surface area contributed by atoms with Crippen LogP contribution in [0.25, 0.3) is 0 Å². The largest absolute Gasteiger partial charge is 0.383 e. The quantitative estimate of drug-likeness (QED) is 0.684. The molecule has 2 nitrogen and oxygen atoms in total. The lowest BCUT2D eigenvalue weighted by Gasteiger charge is -2.19. The summed E-state index contributed by atoms with van der Waals surface area (Å²) in [5.74, 6) is 0.770. The Kier molecular flexibility index (Phi) is 5.68. The molecule has 2 aromatic carbocycles. The maximum absolute atomic E-state index is 3.57. The number of rotatable bonds is 7. The van der Waals surface area contributed by atoms with E-state index < -0.39 is 0 Å². The van der Waals surface area contributed by atoms with Crippen LogP contribution >= 0.6 is 0 Å². The molecule has 2 rings (SSSR count). The van der Waals surface area contributed by atoms with E-state index in [1.165, 1.54) is 18.5 Å². The zero-order valence-electron chi connectivity index (χ0n) is 13.3. The highest BCUT2D eigenvalue weighted by molar-refractivity contribution is 5.62. The Morgan fingerprint density at radius 2 is 1.38 bits per heavy atom. The summed E-state index contributed by atoms with van der Waals surface area (Å²) in [7, 11) is 0. The second-order valence-corrected chi connectivity index (χ2v) is 5.86. The van der Waals surface area contributed by atoms with Crippen LogP contribution in [-0.2, 0) is 0 Å². The van der Waals surface area contributed by atoms with Gasteiger partial charge in [0.1, 0.15) is 0 Å². The van der Waals surface area contributed by atoms with Crippen molar-refractivity contribution in [3.63, 3.8) is 0 Å². The maximum atomic E-state index is 3.57. The molecule has 0 amide bonds. The van der Waals surface area contributed by atoms with Crippen molar-refractivity contribution < 1.29 is 0 Å². The van der Waals surface area contributed by atoms with Gasteiger partial charge in [-0.2, -0.15) is 0 Å². The molecular weight excluding hydrogens is 256 g/mol. The van der Waals surface area contributed by atoms with E-state index >= 15 is 0 Å². The Balaban J connectivity index is 1.90. The number of nitrogens with one attached hydrogen (secondary N) is 2. The van der Waals surface area contributed by atoms with E-state index in [2.05, 4.69) is 67.8 Å². The van der Waals surface area contributed by atoms with Crippen LogP contribution in [0.2, 0.25) is 0 Å². The molecule has 21 heavy (non-hydrogen) atoms. The third kappa shape index (κ3) is 5.14. The van der Waals surface area contributed by atoms with Gasteiger partial charge in [0.05, 0.1) is 0 Å². The number of hydrogen-bond donors (Lipinski definition) is 2. The van der Waals surface area contributed by atoms with Crippen LogP contribution in [0.4, 0.5) is 17.1 Å². The third-order valence-electron chi connectivity index (χ3n) is 3.81. The Labute approximate surface area is 128 Å². The highest BCUT2D eigenvalue weighted by Crippen LogP contribution is 2.20. The first-order chi connectivity index (χ1) is 10.2. The lowest BCUT2D eigenvalue weighted by Crippen LogP contribution is -2.18. The molecule has 0 bridgehead atoms. The zero-order valence-corrected chi connectivity index (χ0v) is 13.3. The lowest BCUT2D eigenvalue weighted by atomic mass is 10.0. The van der Waals surface area contributed by atoms with Gasteiger partial charge in [0.25, 0.3) is 0 Å². The number of hydrogen-bond acceptors (Lipinski definition) is 2. The van der Waals surface area contributed by atoms with Gasteiger partial charge >= 0.3 is 0 Å². The molecule has 2 N–H and O–H groups in total. The van der Waals surface area contributed by atoms with Gasteiger partial charge in [0, 0.05) is 23.1 Å². The summed E-state index contributed by atoms with van der Waals surface area (Å²) in [6.07, 6.45) is 2.45. The summed E-state index contributed by atoms with van der Waals surface area (Å²) >= 11 is 0. The molecule has 2 unspecified atom stereocenters. The van der Waals surface area contributed by atoms with E-state index in [0.29, 0.717) is 6.04 Å². The van der Waals surface area contributed by atoms with Gasteiger partial charge in [-0.1, -0.05) is 38.5 Å². The molecule has 0 saturated carbocycles. The highest BCUT2D eigenvalue weighted by Gasteiger charge is 2.06. The molecule has 0 fully saturated rings. The second-order valence-electron chi connectivity index (χ2n) is 5.86. The topological polar surface area (TPSA) is 24.1 Å². The van der Waals surface area contributed by atoms with Crippen LogP contribution in [0.5, 0.6) is 0 Å². The van der Waals surface area contributed by atoms with E-state index in [1.54, 1.807) is 0 Å². The van der Waals surface area contributed by atoms with Crippen LogP contribution in [0, 0.1) is 5.92 Å². The Morgan fingerprint density at radius 1 is 0.810 bits per heavy atom. The minimum Gasteiger partial charge on any atom is -0.383 e. The summed E-state index contributed by atoms with van der Waals surface area (Å²) in [5.41, 5.74) is 3.41. The third-order valence-corrected chi connectivity index (χ3v) is 3.81. The zero-order chi connectivity index (χ0) is 15.1. The predicted octanol–water partition coefficient (Wildman–Crippen LogP) is 5.67. The summed E-state index contributed by atoms with van der Waals surface area (Å²) in [5, 5.41) is 6.97. The Hall–Kier alpha value is -1.96. The van der Waals surface area contributed by atoms with E-state index in [9.17, 15) is 0 Å². The molecule has 0 spiro atoms. The summed E-state index contributed by atoms with van der Waals surface area (Å²) < 4.78 is 0. The van der Waals surface area contributed by atoms with E-state index in [4.69, 9.17) is 0 Å². The highest BCUT2D eigenvalue weighted by atomic mass is 14.9. The molecule has 0 radical (unpaired) electrons. The first kappa shape index (κ1) is 15.4. The van der Waals surface area contributed by atoms with Crippen molar-refractivity contribution in [1.82, 2.24) is 0 Å². The van der Waals surface area contributed by atoms with Crippen molar-refractivity contribution in [2.24, 2.45) is 5.92 Å². The molecule has 2 heteroatoms. The van der Waals surface area contributed by atoms with Gasteiger partial charge in [-0.05, 0) is 55.7 Å². The summed E-state index contributed by atoms with van der Waals surface area (Å²) in [6.45, 7) is 6.81. The molecule has 0 heterocycles. The number of anilines is 3. The van der Waals surface area contributed by atoms with Crippen LogP contribution < -0.4 is 10.6 Å². The fraction of sp³-hybridized carbons (Fsp3) is 0.368. The minimum absolute atomic E-state index is 0.507. The van der Waals surface area contributed by atoms with Gasteiger partial charge in [-0.3, -0.25) is 0 Å². The van der Waals surface area contributed by atoms with Crippen LogP contribution in [0.3, 0.4) is 0 Å². The summed E-state index contributed by atoms with van der Waals surface area (Å²) in [6, 6.07) is 19.3. The van der Waals surface area contributed by atoms with Gasteiger partial charge < -0.3 is 10.6 Å². The fourth-order valence-electron chi connectivity index (χ4n) is 2.45. The molecule has 2 aromatic rings. The molecular formula is C19H26N2.